The predicted octanol–water partition coefficient (Wildman–Crippen LogP) is 4.20. The Labute approximate surface area is 161 Å². The maximum atomic E-state index is 12.6. The zero-order valence-corrected chi connectivity index (χ0v) is 14.9. The van der Waals surface area contributed by atoms with Gasteiger partial charge in [0, 0.05) is 11.3 Å². The van der Waals surface area contributed by atoms with Gasteiger partial charge in [-0.1, -0.05) is 29.3 Å². The second kappa shape index (κ2) is 7.28. The highest BCUT2D eigenvalue weighted by Gasteiger charge is 2.32. The lowest BCUT2D eigenvalue weighted by Crippen LogP contribution is -2.37. The van der Waals surface area contributed by atoms with E-state index in [0.29, 0.717) is 0 Å². The summed E-state index contributed by atoms with van der Waals surface area (Å²) in [5, 5.41) is 5.18. The van der Waals surface area contributed by atoms with Gasteiger partial charge in [0.2, 0.25) is 0 Å². The molecule has 0 saturated carbocycles. The molecule has 27 heavy (non-hydrogen) atoms. The third kappa shape index (κ3) is 4.12. The van der Waals surface area contributed by atoms with Crippen LogP contribution in [0.4, 0.5) is 18.9 Å². The summed E-state index contributed by atoms with van der Waals surface area (Å²) in [6.07, 6.45) is -4.48. The normalized spacial score (nSPS) is 16.6. The molecule has 2 N–H and O–H groups in total. The number of hydrogen-bond acceptors (Lipinski definition) is 3. The van der Waals surface area contributed by atoms with Crippen molar-refractivity contribution in [3.63, 3.8) is 0 Å². The van der Waals surface area contributed by atoms with E-state index in [1.54, 1.807) is 0 Å². The SMILES string of the molecule is O=C1COc2c(ccc(Cl)c2Cl)C(C(=O)Nc2ccc(C(F)(F)F)cc2)N1. The quantitative estimate of drug-likeness (QED) is 0.767. The van der Waals surface area contributed by atoms with Gasteiger partial charge in [0.15, 0.2) is 6.61 Å². The fourth-order valence-corrected chi connectivity index (χ4v) is 2.88. The maximum Gasteiger partial charge on any atom is 0.416 e. The van der Waals surface area contributed by atoms with E-state index in [1.807, 2.05) is 0 Å². The molecule has 0 fully saturated rings. The van der Waals surface area contributed by atoms with E-state index >= 15 is 0 Å². The van der Waals surface area contributed by atoms with Gasteiger partial charge in [0.05, 0.1) is 10.6 Å². The predicted molar refractivity (Wildman–Crippen MR) is 92.9 cm³/mol. The molecule has 1 aliphatic heterocycles. The van der Waals surface area contributed by atoms with Crippen LogP contribution in [0.25, 0.3) is 0 Å². The molecule has 2 amide bonds. The molecule has 1 atom stereocenters. The number of anilines is 1. The number of carbonyl (C=O) groups excluding carboxylic acids is 2. The Balaban J connectivity index is 1.88. The van der Waals surface area contributed by atoms with Crippen LogP contribution in [-0.2, 0) is 15.8 Å². The summed E-state index contributed by atoms with van der Waals surface area (Å²) in [7, 11) is 0. The molecular formula is C17H11Cl2F3N2O3. The standard InChI is InChI=1S/C17H11Cl2F3N2O3/c18-11-6-5-10-14(24-12(25)7-27-15(10)13(11)19)16(26)23-9-3-1-8(2-4-9)17(20,21)22/h1-6,14H,7H2,(H,23,26)(H,24,25). The van der Waals surface area contributed by atoms with Gasteiger partial charge in [-0.25, -0.2) is 0 Å². The Bertz CT molecular complexity index is 902. The van der Waals surface area contributed by atoms with Gasteiger partial charge in [-0.15, -0.1) is 0 Å². The Morgan fingerprint density at radius 2 is 1.81 bits per heavy atom. The Hall–Kier alpha value is -2.45. The van der Waals surface area contributed by atoms with Crippen molar-refractivity contribution >= 4 is 40.7 Å². The number of halogens is 5. The van der Waals surface area contributed by atoms with Crippen molar-refractivity contribution in [2.45, 2.75) is 12.2 Å². The third-order valence-electron chi connectivity index (χ3n) is 3.79. The second-order valence-corrected chi connectivity index (χ2v) is 6.42. The first-order chi connectivity index (χ1) is 12.7. The zero-order valence-electron chi connectivity index (χ0n) is 13.4. The summed E-state index contributed by atoms with van der Waals surface area (Å²) in [5.74, 6) is -1.14. The molecule has 2 aromatic rings. The average Bonchev–Trinajstić information content (AvgIpc) is 2.77. The Morgan fingerprint density at radius 1 is 1.15 bits per heavy atom. The minimum atomic E-state index is -4.48. The van der Waals surface area contributed by atoms with Crippen LogP contribution in [0.2, 0.25) is 10.0 Å². The van der Waals surface area contributed by atoms with E-state index in [2.05, 4.69) is 10.6 Å². The van der Waals surface area contributed by atoms with Crippen LogP contribution in [0.5, 0.6) is 5.75 Å². The van der Waals surface area contributed by atoms with Gasteiger partial charge >= 0.3 is 6.18 Å². The molecule has 0 radical (unpaired) electrons. The van der Waals surface area contributed by atoms with Gasteiger partial charge in [0.25, 0.3) is 11.8 Å². The molecular weight excluding hydrogens is 408 g/mol. The smallest absolute Gasteiger partial charge is 0.416 e. The van der Waals surface area contributed by atoms with E-state index in [9.17, 15) is 22.8 Å². The summed E-state index contributed by atoms with van der Waals surface area (Å²) in [4.78, 5) is 24.5. The van der Waals surface area contributed by atoms with Crippen LogP contribution in [0.1, 0.15) is 17.2 Å². The molecule has 1 unspecified atom stereocenters. The van der Waals surface area contributed by atoms with Crippen molar-refractivity contribution in [1.82, 2.24) is 5.32 Å². The second-order valence-electron chi connectivity index (χ2n) is 5.63. The van der Waals surface area contributed by atoms with E-state index in [-0.39, 0.29) is 33.7 Å². The lowest BCUT2D eigenvalue weighted by atomic mass is 10.0. The maximum absolute atomic E-state index is 12.6. The number of nitrogens with one attached hydrogen (secondary N) is 2. The highest BCUT2D eigenvalue weighted by Crippen LogP contribution is 2.39. The Kier molecular flexibility index (Phi) is 5.21. The highest BCUT2D eigenvalue weighted by molar-refractivity contribution is 6.43. The average molecular weight is 419 g/mol. The van der Waals surface area contributed by atoms with Crippen molar-refractivity contribution in [3.8, 4) is 5.75 Å². The molecule has 0 saturated heterocycles. The van der Waals surface area contributed by atoms with Gasteiger partial charge in [-0.05, 0) is 30.3 Å². The van der Waals surface area contributed by atoms with E-state index < -0.39 is 29.6 Å². The molecule has 10 heteroatoms. The van der Waals surface area contributed by atoms with Gasteiger partial charge in [-0.2, -0.15) is 13.2 Å². The lowest BCUT2D eigenvalue weighted by molar-refractivity contribution is -0.137. The first-order valence-corrected chi connectivity index (χ1v) is 8.30. The number of amides is 2. The fraction of sp³-hybridized carbons (Fsp3) is 0.176. The number of ether oxygens (including phenoxy) is 1. The Morgan fingerprint density at radius 3 is 2.44 bits per heavy atom. The van der Waals surface area contributed by atoms with Crippen LogP contribution in [0, 0.1) is 0 Å². The minimum absolute atomic E-state index is 0.0537. The van der Waals surface area contributed by atoms with E-state index in [4.69, 9.17) is 27.9 Å². The van der Waals surface area contributed by atoms with Crippen LogP contribution in [0.3, 0.4) is 0 Å². The van der Waals surface area contributed by atoms with Gasteiger partial charge in [-0.3, -0.25) is 9.59 Å². The first kappa shape index (κ1) is 19.3. The van der Waals surface area contributed by atoms with Crippen molar-refractivity contribution in [2.75, 3.05) is 11.9 Å². The van der Waals surface area contributed by atoms with Crippen molar-refractivity contribution < 1.29 is 27.5 Å². The largest absolute Gasteiger partial charge is 0.482 e. The monoisotopic (exact) mass is 418 g/mol. The van der Waals surface area contributed by atoms with Gasteiger partial charge < -0.3 is 15.4 Å². The molecule has 3 rings (SSSR count). The van der Waals surface area contributed by atoms with Gasteiger partial charge in [0.1, 0.15) is 16.8 Å². The zero-order chi connectivity index (χ0) is 19.8. The van der Waals surface area contributed by atoms with Crippen molar-refractivity contribution in [3.05, 3.63) is 57.6 Å². The van der Waals surface area contributed by atoms with Crippen molar-refractivity contribution in [2.24, 2.45) is 0 Å². The van der Waals surface area contributed by atoms with E-state index in [1.165, 1.54) is 12.1 Å². The number of alkyl halides is 3. The molecule has 0 spiro atoms. The van der Waals surface area contributed by atoms with E-state index in [0.717, 1.165) is 24.3 Å². The number of fused-ring (bicyclic) bond motifs is 1. The summed E-state index contributed by atoms with van der Waals surface area (Å²) in [6, 6.07) is 5.68. The van der Waals surface area contributed by atoms with Crippen LogP contribution in [0.15, 0.2) is 36.4 Å². The molecule has 142 valence electrons. The summed E-state index contributed by atoms with van der Waals surface area (Å²) < 4.78 is 43.2. The van der Waals surface area contributed by atoms with Crippen LogP contribution in [-0.4, -0.2) is 18.4 Å². The topological polar surface area (TPSA) is 67.4 Å². The molecule has 1 aliphatic rings. The molecule has 0 aliphatic carbocycles. The first-order valence-electron chi connectivity index (χ1n) is 7.55. The van der Waals surface area contributed by atoms with Crippen LogP contribution >= 0.6 is 23.2 Å². The molecule has 1 heterocycles. The summed E-state index contributed by atoms with van der Waals surface area (Å²) in [5.41, 5.74) is -0.433. The van der Waals surface area contributed by atoms with Crippen LogP contribution < -0.4 is 15.4 Å². The summed E-state index contributed by atoms with van der Waals surface area (Å²) >= 11 is 12.0. The number of carbonyl (C=O) groups is 2. The van der Waals surface area contributed by atoms with Crippen molar-refractivity contribution in [1.29, 1.82) is 0 Å². The number of hydrogen-bond donors (Lipinski definition) is 2. The third-order valence-corrected chi connectivity index (χ3v) is 4.57. The fourth-order valence-electron chi connectivity index (χ4n) is 2.50. The summed E-state index contributed by atoms with van der Waals surface area (Å²) in [6.45, 7) is -0.364. The lowest BCUT2D eigenvalue weighted by Gasteiger charge is -2.18. The molecule has 0 aromatic heterocycles. The highest BCUT2D eigenvalue weighted by atomic mass is 35.5. The molecule has 2 aromatic carbocycles. The molecule has 5 nitrogen and oxygen atoms in total. The number of benzene rings is 2. The molecule has 0 bridgehead atoms. The minimum Gasteiger partial charge on any atom is -0.482 e. The number of rotatable bonds is 2.